The van der Waals surface area contributed by atoms with E-state index in [1.54, 1.807) is 0 Å². The zero-order valence-electron chi connectivity index (χ0n) is 25.7. The van der Waals surface area contributed by atoms with Gasteiger partial charge >= 0.3 is 0 Å². The molecule has 3 nitrogen and oxygen atoms in total. The molecule has 0 aromatic carbocycles. The van der Waals surface area contributed by atoms with Gasteiger partial charge in [-0.1, -0.05) is 83.1 Å². The van der Waals surface area contributed by atoms with Crippen LogP contribution in [0.25, 0.3) is 0 Å². The van der Waals surface area contributed by atoms with Crippen molar-refractivity contribution in [1.82, 2.24) is 0 Å². The van der Waals surface area contributed by atoms with Gasteiger partial charge in [-0.2, -0.15) is 0 Å². The second kappa shape index (κ2) is 18.2. The van der Waals surface area contributed by atoms with Crippen LogP contribution in [0.2, 0.25) is 0 Å². The Labute approximate surface area is 210 Å². The SMILES string of the molecule is CC(C)C(C)C.CC(C)C1CCOCC1.CC(C)[C@@H](C)C(C)(C)O.CC(C)[C@H](C)C(C)(C)O. The van der Waals surface area contributed by atoms with E-state index in [0.29, 0.717) is 23.7 Å². The second-order valence-electron chi connectivity index (χ2n) is 13.1. The van der Waals surface area contributed by atoms with Crippen molar-refractivity contribution in [3.05, 3.63) is 0 Å². The van der Waals surface area contributed by atoms with Crippen LogP contribution in [-0.4, -0.2) is 34.6 Å². The highest BCUT2D eigenvalue weighted by atomic mass is 16.5. The molecular formula is C30H66O3. The highest BCUT2D eigenvalue weighted by molar-refractivity contribution is 4.76. The largest absolute Gasteiger partial charge is 0.390 e. The molecule has 0 spiro atoms. The maximum Gasteiger partial charge on any atom is 0.0619 e. The van der Waals surface area contributed by atoms with Crippen molar-refractivity contribution < 1.29 is 14.9 Å². The van der Waals surface area contributed by atoms with Crippen molar-refractivity contribution in [1.29, 1.82) is 0 Å². The second-order valence-corrected chi connectivity index (χ2v) is 13.1. The van der Waals surface area contributed by atoms with Gasteiger partial charge in [-0.3, -0.25) is 0 Å². The number of ether oxygens (including phenoxy) is 1. The Bertz CT molecular complexity index is 389. The van der Waals surface area contributed by atoms with Gasteiger partial charge in [0, 0.05) is 13.2 Å². The van der Waals surface area contributed by atoms with E-state index in [1.165, 1.54) is 12.8 Å². The average Bonchev–Trinajstić information content (AvgIpc) is 2.67. The van der Waals surface area contributed by atoms with E-state index < -0.39 is 11.2 Å². The fraction of sp³-hybridized carbons (Fsp3) is 1.00. The number of aliphatic hydroxyl groups is 2. The molecule has 0 radical (unpaired) electrons. The van der Waals surface area contributed by atoms with Gasteiger partial charge in [-0.25, -0.2) is 0 Å². The first-order valence-corrected chi connectivity index (χ1v) is 13.7. The lowest BCUT2D eigenvalue weighted by atomic mass is 9.84. The molecule has 0 unspecified atom stereocenters. The topological polar surface area (TPSA) is 49.7 Å². The molecule has 0 aromatic rings. The van der Waals surface area contributed by atoms with Gasteiger partial charge in [0.1, 0.15) is 0 Å². The molecule has 2 N–H and O–H groups in total. The predicted molar refractivity (Wildman–Crippen MR) is 149 cm³/mol. The Hall–Kier alpha value is -0.120. The summed E-state index contributed by atoms with van der Waals surface area (Å²) in [7, 11) is 0. The fourth-order valence-electron chi connectivity index (χ4n) is 3.01. The van der Waals surface area contributed by atoms with Crippen molar-refractivity contribution >= 4 is 0 Å². The third-order valence-electron chi connectivity index (χ3n) is 7.77. The predicted octanol–water partition coefficient (Wildman–Crippen LogP) is 8.47. The summed E-state index contributed by atoms with van der Waals surface area (Å²) in [6, 6.07) is 0. The summed E-state index contributed by atoms with van der Waals surface area (Å²) in [4.78, 5) is 0. The van der Waals surface area contributed by atoms with Crippen LogP contribution in [-0.2, 0) is 4.74 Å². The first-order valence-electron chi connectivity index (χ1n) is 13.7. The van der Waals surface area contributed by atoms with Crippen LogP contribution in [0.4, 0.5) is 0 Å². The van der Waals surface area contributed by atoms with Crippen molar-refractivity contribution in [2.45, 2.75) is 135 Å². The fourth-order valence-corrected chi connectivity index (χ4v) is 3.01. The molecule has 1 aliphatic rings. The Morgan fingerprint density at radius 2 is 0.818 bits per heavy atom. The summed E-state index contributed by atoms with van der Waals surface area (Å²) in [6.45, 7) is 35.6. The molecule has 0 bridgehead atoms. The summed E-state index contributed by atoms with van der Waals surface area (Å²) in [6.07, 6.45) is 2.55. The van der Waals surface area contributed by atoms with Crippen LogP contribution in [0.15, 0.2) is 0 Å². The minimum absolute atomic E-state index is 0.373. The first-order chi connectivity index (χ1) is 14.7. The van der Waals surface area contributed by atoms with Crippen LogP contribution in [0, 0.1) is 47.3 Å². The van der Waals surface area contributed by atoms with E-state index in [2.05, 4.69) is 83.1 Å². The van der Waals surface area contributed by atoms with E-state index in [0.717, 1.165) is 36.9 Å². The van der Waals surface area contributed by atoms with Crippen molar-refractivity contribution in [3.8, 4) is 0 Å². The zero-order valence-corrected chi connectivity index (χ0v) is 25.7. The summed E-state index contributed by atoms with van der Waals surface area (Å²) >= 11 is 0. The number of hydrogen-bond acceptors (Lipinski definition) is 3. The average molecular weight is 475 g/mol. The van der Waals surface area contributed by atoms with E-state index in [4.69, 9.17) is 4.74 Å². The summed E-state index contributed by atoms with van der Waals surface area (Å²) in [5.41, 5.74) is -1.04. The molecule has 0 aromatic heterocycles. The van der Waals surface area contributed by atoms with Gasteiger partial charge < -0.3 is 14.9 Å². The standard InChI is InChI=1S/C8H16O.2C8H18O.C6H14/c1-7(2)8-3-5-9-6-4-8;2*1-6(2)7(3)8(4,5)9;1-5(2)6(3)4/h7-8H,3-6H2,1-2H3;2*6-7,9H,1-5H3;5-6H,1-4H3/t;2*7-;/m.10./s1. The first kappa shape index (κ1) is 37.4. The van der Waals surface area contributed by atoms with Gasteiger partial charge in [-0.15, -0.1) is 0 Å². The van der Waals surface area contributed by atoms with Crippen molar-refractivity contribution in [3.63, 3.8) is 0 Å². The van der Waals surface area contributed by atoms with Gasteiger partial charge in [0.05, 0.1) is 11.2 Å². The van der Waals surface area contributed by atoms with E-state index in [9.17, 15) is 10.2 Å². The van der Waals surface area contributed by atoms with Crippen LogP contribution in [0.5, 0.6) is 0 Å². The molecule has 3 heteroatoms. The summed E-state index contributed by atoms with van der Waals surface area (Å²) in [5, 5.41) is 18.9. The van der Waals surface area contributed by atoms with Crippen LogP contribution >= 0.6 is 0 Å². The van der Waals surface area contributed by atoms with Gasteiger partial charge in [0.25, 0.3) is 0 Å². The monoisotopic (exact) mass is 475 g/mol. The Balaban J connectivity index is -0.000000368. The Morgan fingerprint density at radius 1 is 0.545 bits per heavy atom. The minimum Gasteiger partial charge on any atom is -0.390 e. The quantitative estimate of drug-likeness (QED) is 0.406. The number of rotatable bonds is 6. The third-order valence-corrected chi connectivity index (χ3v) is 7.77. The Morgan fingerprint density at radius 3 is 0.909 bits per heavy atom. The van der Waals surface area contributed by atoms with E-state index in [1.807, 2.05) is 27.7 Å². The molecule has 1 heterocycles. The lowest BCUT2D eigenvalue weighted by Crippen LogP contribution is -2.31. The van der Waals surface area contributed by atoms with Crippen molar-refractivity contribution in [2.75, 3.05) is 13.2 Å². The van der Waals surface area contributed by atoms with E-state index >= 15 is 0 Å². The lowest BCUT2D eigenvalue weighted by molar-refractivity contribution is 0.00488. The van der Waals surface area contributed by atoms with Crippen molar-refractivity contribution in [2.24, 2.45) is 47.3 Å². The summed E-state index contributed by atoms with van der Waals surface area (Å²) in [5.74, 6) is 5.35. The van der Waals surface area contributed by atoms with Gasteiger partial charge in [0.15, 0.2) is 0 Å². The maximum absolute atomic E-state index is 9.46. The molecule has 0 saturated carbocycles. The highest BCUT2D eigenvalue weighted by Crippen LogP contribution is 2.24. The minimum atomic E-state index is -0.520. The van der Waals surface area contributed by atoms with Gasteiger partial charge in [0.2, 0.25) is 0 Å². The Kier molecular flexibility index (Phi) is 20.6. The molecule has 1 fully saturated rings. The maximum atomic E-state index is 9.46. The molecule has 33 heavy (non-hydrogen) atoms. The molecule has 1 rings (SSSR count). The lowest BCUT2D eigenvalue weighted by Gasteiger charge is -2.28. The zero-order chi connectivity index (χ0) is 27.2. The molecule has 0 aliphatic carbocycles. The van der Waals surface area contributed by atoms with E-state index in [-0.39, 0.29) is 0 Å². The molecule has 1 saturated heterocycles. The van der Waals surface area contributed by atoms with Crippen LogP contribution < -0.4 is 0 Å². The van der Waals surface area contributed by atoms with Crippen LogP contribution in [0.3, 0.4) is 0 Å². The van der Waals surface area contributed by atoms with Crippen LogP contribution in [0.1, 0.15) is 124 Å². The highest BCUT2D eigenvalue weighted by Gasteiger charge is 2.25. The third kappa shape index (κ3) is 22.1. The molecule has 1 aliphatic heterocycles. The number of hydrogen-bond donors (Lipinski definition) is 2. The molecular weight excluding hydrogens is 408 g/mol. The normalized spacial score (nSPS) is 17.2. The van der Waals surface area contributed by atoms with Gasteiger partial charge in [-0.05, 0) is 87.9 Å². The smallest absolute Gasteiger partial charge is 0.0619 e. The molecule has 2 atom stereocenters. The summed E-state index contributed by atoms with van der Waals surface area (Å²) < 4.78 is 5.25. The molecule has 204 valence electrons. The molecule has 0 amide bonds.